The normalized spacial score (nSPS) is 10.3. The highest BCUT2D eigenvalue weighted by Crippen LogP contribution is 2.28. The first-order chi connectivity index (χ1) is 9.97. The van der Waals surface area contributed by atoms with Gasteiger partial charge >= 0.3 is 0 Å². The van der Waals surface area contributed by atoms with Crippen LogP contribution in [0.2, 0.25) is 0 Å². The van der Waals surface area contributed by atoms with Gasteiger partial charge in [-0.3, -0.25) is 9.59 Å². The molecule has 2 amide bonds. The molecule has 6 heteroatoms. The lowest BCUT2D eigenvalue weighted by Gasteiger charge is -2.13. The van der Waals surface area contributed by atoms with E-state index in [9.17, 15) is 9.59 Å². The van der Waals surface area contributed by atoms with E-state index in [4.69, 9.17) is 10.5 Å². The third-order valence-electron chi connectivity index (χ3n) is 2.87. The molecular weight excluding hydrogens is 270 g/mol. The van der Waals surface area contributed by atoms with Crippen LogP contribution in [0.4, 0.5) is 11.4 Å². The summed E-state index contributed by atoms with van der Waals surface area (Å²) in [5.74, 6) is 0.208. The predicted octanol–water partition coefficient (Wildman–Crippen LogP) is 1.97. The van der Waals surface area contributed by atoms with Crippen molar-refractivity contribution in [1.29, 1.82) is 0 Å². The predicted molar refractivity (Wildman–Crippen MR) is 83.4 cm³/mol. The van der Waals surface area contributed by atoms with Crippen LogP contribution < -0.4 is 21.1 Å². The Balaban J connectivity index is 2.85. The number of benzene rings is 1. The minimum Gasteiger partial charge on any atom is -0.495 e. The fraction of sp³-hybridized carbons (Fsp3) is 0.467. The summed E-state index contributed by atoms with van der Waals surface area (Å²) in [6.45, 7) is 4.10. The van der Waals surface area contributed by atoms with Crippen molar-refractivity contribution in [2.45, 2.75) is 26.7 Å². The maximum Gasteiger partial charge on any atom is 0.226 e. The third kappa shape index (κ3) is 5.43. The number of anilines is 2. The number of amides is 2. The number of carbonyl (C=O) groups is 2. The van der Waals surface area contributed by atoms with Crippen LogP contribution in [0.5, 0.6) is 5.75 Å². The molecule has 0 atom stereocenters. The van der Waals surface area contributed by atoms with E-state index >= 15 is 0 Å². The molecule has 0 aliphatic carbocycles. The third-order valence-corrected chi connectivity index (χ3v) is 2.87. The average Bonchev–Trinajstić information content (AvgIpc) is 2.45. The molecule has 0 aliphatic rings. The minimum atomic E-state index is -0.133. The lowest BCUT2D eigenvalue weighted by Crippen LogP contribution is -2.18. The molecule has 1 rings (SSSR count). The summed E-state index contributed by atoms with van der Waals surface area (Å²) in [4.78, 5) is 23.5. The molecule has 0 aliphatic heterocycles. The standard InChI is InChI=1S/C15H23N3O3/c1-10(2)15(20)17-11-6-7-13(21-3)12(9-11)18-14(19)5-4-8-16/h6-7,9-10H,4-5,8,16H2,1-3H3,(H,17,20)(H,18,19). The zero-order chi connectivity index (χ0) is 15.8. The van der Waals surface area contributed by atoms with Gasteiger partial charge in [0.2, 0.25) is 11.8 Å². The van der Waals surface area contributed by atoms with Gasteiger partial charge in [-0.15, -0.1) is 0 Å². The highest BCUT2D eigenvalue weighted by molar-refractivity contribution is 5.96. The Labute approximate surface area is 125 Å². The molecule has 0 bridgehead atoms. The van der Waals surface area contributed by atoms with E-state index < -0.39 is 0 Å². The molecule has 0 radical (unpaired) electrons. The largest absolute Gasteiger partial charge is 0.495 e. The van der Waals surface area contributed by atoms with Crippen molar-refractivity contribution in [2.24, 2.45) is 11.7 Å². The molecule has 0 saturated heterocycles. The summed E-state index contributed by atoms with van der Waals surface area (Å²) in [6, 6.07) is 5.11. The van der Waals surface area contributed by atoms with Crippen LogP contribution in [-0.2, 0) is 9.59 Å². The van der Waals surface area contributed by atoms with Crippen LogP contribution in [0.25, 0.3) is 0 Å². The number of nitrogens with two attached hydrogens (primary N) is 1. The number of rotatable bonds is 7. The lowest BCUT2D eigenvalue weighted by atomic mass is 10.2. The average molecular weight is 293 g/mol. The highest BCUT2D eigenvalue weighted by Gasteiger charge is 2.11. The topological polar surface area (TPSA) is 93.5 Å². The molecule has 4 N–H and O–H groups in total. The van der Waals surface area contributed by atoms with Gasteiger partial charge in [0, 0.05) is 18.0 Å². The molecule has 0 heterocycles. The SMILES string of the molecule is COc1ccc(NC(=O)C(C)C)cc1NC(=O)CCCN. The van der Waals surface area contributed by atoms with Crippen LogP contribution in [0.3, 0.4) is 0 Å². The summed E-state index contributed by atoms with van der Waals surface area (Å²) in [5.41, 5.74) is 6.52. The Morgan fingerprint density at radius 2 is 2.00 bits per heavy atom. The Bertz CT molecular complexity index is 501. The van der Waals surface area contributed by atoms with E-state index in [1.807, 2.05) is 13.8 Å². The summed E-state index contributed by atoms with van der Waals surface area (Å²) in [5, 5.41) is 5.55. The molecule has 116 valence electrons. The van der Waals surface area contributed by atoms with Crippen LogP contribution in [0.1, 0.15) is 26.7 Å². The van der Waals surface area contributed by atoms with E-state index in [1.54, 1.807) is 18.2 Å². The number of ether oxygens (including phenoxy) is 1. The lowest BCUT2D eigenvalue weighted by molar-refractivity contribution is -0.119. The van der Waals surface area contributed by atoms with Crippen molar-refractivity contribution in [3.63, 3.8) is 0 Å². The van der Waals surface area contributed by atoms with Gasteiger partial charge in [-0.05, 0) is 31.2 Å². The van der Waals surface area contributed by atoms with Crippen molar-refractivity contribution < 1.29 is 14.3 Å². The fourth-order valence-corrected chi connectivity index (χ4v) is 1.65. The Hall–Kier alpha value is -2.08. The van der Waals surface area contributed by atoms with Gasteiger partial charge in [0.15, 0.2) is 0 Å². The number of nitrogens with one attached hydrogen (secondary N) is 2. The first-order valence-corrected chi connectivity index (χ1v) is 6.96. The van der Waals surface area contributed by atoms with Crippen LogP contribution in [0.15, 0.2) is 18.2 Å². The van der Waals surface area contributed by atoms with Gasteiger partial charge < -0.3 is 21.1 Å². The van der Waals surface area contributed by atoms with Crippen molar-refractivity contribution in [3.8, 4) is 5.75 Å². The second-order valence-electron chi connectivity index (χ2n) is 5.00. The zero-order valence-corrected chi connectivity index (χ0v) is 12.7. The first-order valence-electron chi connectivity index (χ1n) is 6.96. The smallest absolute Gasteiger partial charge is 0.226 e. The van der Waals surface area contributed by atoms with Gasteiger partial charge in [-0.1, -0.05) is 13.8 Å². The van der Waals surface area contributed by atoms with Gasteiger partial charge in [-0.2, -0.15) is 0 Å². The number of methoxy groups -OCH3 is 1. The molecule has 21 heavy (non-hydrogen) atoms. The maximum atomic E-state index is 11.8. The Kier molecular flexibility index (Phi) is 6.68. The van der Waals surface area contributed by atoms with Crippen LogP contribution in [-0.4, -0.2) is 25.5 Å². The molecule has 1 aromatic carbocycles. The number of hydrogen-bond acceptors (Lipinski definition) is 4. The zero-order valence-electron chi connectivity index (χ0n) is 12.7. The Morgan fingerprint density at radius 1 is 1.29 bits per heavy atom. The van der Waals surface area contributed by atoms with Crippen molar-refractivity contribution >= 4 is 23.2 Å². The van der Waals surface area contributed by atoms with E-state index in [1.165, 1.54) is 7.11 Å². The minimum absolute atomic E-state index is 0.0828. The van der Waals surface area contributed by atoms with E-state index in [0.717, 1.165) is 0 Å². The monoisotopic (exact) mass is 293 g/mol. The van der Waals surface area contributed by atoms with Gasteiger partial charge in [0.25, 0.3) is 0 Å². The molecule has 6 nitrogen and oxygen atoms in total. The second kappa shape index (κ2) is 8.26. The van der Waals surface area contributed by atoms with Crippen LogP contribution >= 0.6 is 0 Å². The molecular formula is C15H23N3O3. The van der Waals surface area contributed by atoms with Crippen molar-refractivity contribution in [3.05, 3.63) is 18.2 Å². The maximum absolute atomic E-state index is 11.8. The van der Waals surface area contributed by atoms with Crippen molar-refractivity contribution in [2.75, 3.05) is 24.3 Å². The van der Waals surface area contributed by atoms with Gasteiger partial charge in [0.05, 0.1) is 12.8 Å². The summed E-state index contributed by atoms with van der Waals surface area (Å²) in [7, 11) is 1.53. The Morgan fingerprint density at radius 3 is 2.57 bits per heavy atom. The first kappa shape index (κ1) is 17.0. The van der Waals surface area contributed by atoms with Crippen molar-refractivity contribution in [1.82, 2.24) is 0 Å². The summed E-state index contributed by atoms with van der Waals surface area (Å²) >= 11 is 0. The van der Waals surface area contributed by atoms with Crippen LogP contribution in [0, 0.1) is 5.92 Å². The van der Waals surface area contributed by atoms with E-state index in [-0.39, 0.29) is 17.7 Å². The molecule has 0 aromatic heterocycles. The molecule has 0 unspecified atom stereocenters. The highest BCUT2D eigenvalue weighted by atomic mass is 16.5. The molecule has 0 saturated carbocycles. The molecule has 0 spiro atoms. The fourth-order valence-electron chi connectivity index (χ4n) is 1.65. The quantitative estimate of drug-likeness (QED) is 0.716. The van der Waals surface area contributed by atoms with E-state index in [0.29, 0.717) is 36.5 Å². The number of hydrogen-bond donors (Lipinski definition) is 3. The summed E-state index contributed by atoms with van der Waals surface area (Å²) in [6.07, 6.45) is 0.972. The molecule has 0 fully saturated rings. The summed E-state index contributed by atoms with van der Waals surface area (Å²) < 4.78 is 5.21. The van der Waals surface area contributed by atoms with E-state index in [2.05, 4.69) is 10.6 Å². The molecule has 1 aromatic rings. The van der Waals surface area contributed by atoms with Gasteiger partial charge in [-0.25, -0.2) is 0 Å². The van der Waals surface area contributed by atoms with Gasteiger partial charge in [0.1, 0.15) is 5.75 Å². The number of carbonyl (C=O) groups excluding carboxylic acids is 2. The second-order valence-corrected chi connectivity index (χ2v) is 5.00.